The largest absolute Gasteiger partial charge is 0.496 e. The molecule has 1 saturated heterocycles. The van der Waals surface area contributed by atoms with Gasteiger partial charge in [-0.1, -0.05) is 30.3 Å². The molecule has 6 heteroatoms. The van der Waals surface area contributed by atoms with Crippen LogP contribution in [0.3, 0.4) is 0 Å². The van der Waals surface area contributed by atoms with Gasteiger partial charge in [-0.3, -0.25) is 4.90 Å². The lowest BCUT2D eigenvalue weighted by molar-refractivity contribution is 0.309. The molecule has 130 valence electrons. The van der Waals surface area contributed by atoms with Gasteiger partial charge in [0.15, 0.2) is 0 Å². The predicted octanol–water partition coefficient (Wildman–Crippen LogP) is 2.22. The molecule has 1 fully saturated rings. The van der Waals surface area contributed by atoms with Crippen LogP contribution in [-0.4, -0.2) is 46.3 Å². The van der Waals surface area contributed by atoms with E-state index in [-0.39, 0.29) is 0 Å². The lowest BCUT2D eigenvalue weighted by Crippen LogP contribution is -2.30. The van der Waals surface area contributed by atoms with Crippen molar-refractivity contribution in [3.8, 4) is 5.75 Å². The summed E-state index contributed by atoms with van der Waals surface area (Å²) in [6.45, 7) is 3.21. The highest BCUT2D eigenvalue weighted by atomic mass is 32.2. The van der Waals surface area contributed by atoms with Crippen molar-refractivity contribution in [2.45, 2.75) is 13.0 Å². The average molecular weight is 348 g/mol. The Bertz CT molecular complexity index is 820. The van der Waals surface area contributed by atoms with Crippen molar-refractivity contribution < 1.29 is 13.2 Å². The molecule has 1 N–H and O–H groups in total. The molecule has 0 saturated carbocycles. The Morgan fingerprint density at radius 2 is 2.04 bits per heavy atom. The number of nitrogens with zero attached hydrogens (tertiary/aromatic N) is 1. The first kappa shape index (κ1) is 17.2. The van der Waals surface area contributed by atoms with Crippen molar-refractivity contribution in [3.63, 3.8) is 0 Å². The zero-order chi connectivity index (χ0) is 17.2. The van der Waals surface area contributed by atoms with Crippen LogP contribution < -0.4 is 9.46 Å². The van der Waals surface area contributed by atoms with E-state index in [1.807, 2.05) is 18.2 Å². The number of hydrogen-bond acceptors (Lipinski definition) is 4. The number of ether oxygens (including phenoxy) is 1. The number of likely N-dealkylation sites (tertiary alicyclic amines) is 1. The molecule has 0 spiro atoms. The molecular weight excluding hydrogens is 324 g/mol. The Kier molecular flexibility index (Phi) is 5.08. The lowest BCUT2D eigenvalue weighted by atomic mass is 10.0. The number of sulfonamides is 1. The summed E-state index contributed by atoms with van der Waals surface area (Å²) in [6, 6.07) is 12.4. The van der Waals surface area contributed by atoms with Gasteiger partial charge in [0.25, 0.3) is 0 Å². The summed E-state index contributed by atoms with van der Waals surface area (Å²) in [7, 11) is -1.41. The van der Waals surface area contributed by atoms with Gasteiger partial charge < -0.3 is 4.74 Å². The second-order valence-electron chi connectivity index (χ2n) is 6.48. The molecule has 0 aliphatic carbocycles. The molecule has 0 radical (unpaired) electrons. The monoisotopic (exact) mass is 348 g/mol. The Morgan fingerprint density at radius 3 is 2.79 bits per heavy atom. The highest BCUT2D eigenvalue weighted by Gasteiger charge is 2.24. The third kappa shape index (κ3) is 4.06. The summed E-state index contributed by atoms with van der Waals surface area (Å²) in [6.07, 6.45) is 2.22. The summed E-state index contributed by atoms with van der Waals surface area (Å²) < 4.78 is 30.7. The molecule has 0 amide bonds. The minimum atomic E-state index is -3.12. The van der Waals surface area contributed by atoms with Crippen molar-refractivity contribution in [1.29, 1.82) is 0 Å². The van der Waals surface area contributed by atoms with Crippen LogP contribution in [-0.2, 0) is 16.6 Å². The molecular formula is C18H24N2O3S. The van der Waals surface area contributed by atoms with E-state index in [1.54, 1.807) is 7.11 Å². The first-order valence-corrected chi connectivity index (χ1v) is 10.1. The molecule has 1 aliphatic heterocycles. The number of nitrogens with one attached hydrogen (secondary N) is 1. The van der Waals surface area contributed by atoms with Gasteiger partial charge in [-0.05, 0) is 35.7 Å². The first-order valence-electron chi connectivity index (χ1n) is 8.18. The average Bonchev–Trinajstić information content (AvgIpc) is 3.00. The van der Waals surface area contributed by atoms with Gasteiger partial charge in [0.2, 0.25) is 10.0 Å². The third-order valence-corrected chi connectivity index (χ3v) is 5.29. The summed E-state index contributed by atoms with van der Waals surface area (Å²) in [5.74, 6) is 1.27. The second-order valence-corrected chi connectivity index (χ2v) is 8.31. The Labute approximate surface area is 143 Å². The van der Waals surface area contributed by atoms with Gasteiger partial charge in [-0.25, -0.2) is 13.1 Å². The Morgan fingerprint density at radius 1 is 1.25 bits per heavy atom. The Balaban J connectivity index is 1.74. The highest BCUT2D eigenvalue weighted by Crippen LogP contribution is 2.30. The summed E-state index contributed by atoms with van der Waals surface area (Å²) in [4.78, 5) is 2.37. The van der Waals surface area contributed by atoms with Crippen LogP contribution in [0.15, 0.2) is 36.4 Å². The van der Waals surface area contributed by atoms with Crippen molar-refractivity contribution in [2.75, 3.05) is 33.0 Å². The molecule has 0 bridgehead atoms. The topological polar surface area (TPSA) is 58.6 Å². The SMILES string of the molecule is COc1ccc2ccccc2c1CN1CCC(CNS(C)(=O)=O)C1. The molecule has 1 aliphatic rings. The number of hydrogen-bond donors (Lipinski definition) is 1. The fraction of sp³-hybridized carbons (Fsp3) is 0.444. The fourth-order valence-electron chi connectivity index (χ4n) is 3.39. The predicted molar refractivity (Wildman–Crippen MR) is 96.7 cm³/mol. The van der Waals surface area contributed by atoms with E-state index in [0.717, 1.165) is 31.8 Å². The van der Waals surface area contributed by atoms with Crippen LogP contribution >= 0.6 is 0 Å². The van der Waals surface area contributed by atoms with E-state index < -0.39 is 10.0 Å². The van der Waals surface area contributed by atoms with Crippen LogP contribution in [0, 0.1) is 5.92 Å². The number of fused-ring (bicyclic) bond motifs is 1. The number of methoxy groups -OCH3 is 1. The molecule has 5 nitrogen and oxygen atoms in total. The van der Waals surface area contributed by atoms with Gasteiger partial charge in [-0.15, -0.1) is 0 Å². The number of rotatable bonds is 6. The van der Waals surface area contributed by atoms with Crippen molar-refractivity contribution in [1.82, 2.24) is 9.62 Å². The minimum Gasteiger partial charge on any atom is -0.496 e. The molecule has 1 atom stereocenters. The van der Waals surface area contributed by atoms with Crippen LogP contribution in [0.1, 0.15) is 12.0 Å². The summed E-state index contributed by atoms with van der Waals surface area (Å²) in [5, 5.41) is 2.43. The van der Waals surface area contributed by atoms with Gasteiger partial charge in [0.05, 0.1) is 13.4 Å². The number of benzene rings is 2. The maximum Gasteiger partial charge on any atom is 0.208 e. The lowest BCUT2D eigenvalue weighted by Gasteiger charge is -2.19. The standard InChI is InChI=1S/C18H24N2O3S/c1-23-18-8-7-15-5-3-4-6-16(15)17(18)13-20-10-9-14(12-20)11-19-24(2,21)22/h3-8,14,19H,9-13H2,1-2H3. The first-order chi connectivity index (χ1) is 11.5. The van der Waals surface area contributed by atoms with E-state index in [0.29, 0.717) is 12.5 Å². The van der Waals surface area contributed by atoms with Crippen LogP contribution in [0.4, 0.5) is 0 Å². The van der Waals surface area contributed by atoms with Crippen LogP contribution in [0.25, 0.3) is 10.8 Å². The van der Waals surface area contributed by atoms with Gasteiger partial charge in [0.1, 0.15) is 5.75 Å². The summed E-state index contributed by atoms with van der Waals surface area (Å²) >= 11 is 0. The van der Waals surface area contributed by atoms with Gasteiger partial charge >= 0.3 is 0 Å². The van der Waals surface area contributed by atoms with E-state index in [1.165, 1.54) is 22.6 Å². The zero-order valence-corrected chi connectivity index (χ0v) is 15.0. The minimum absolute atomic E-state index is 0.362. The molecule has 24 heavy (non-hydrogen) atoms. The molecule has 3 rings (SSSR count). The second kappa shape index (κ2) is 7.09. The quantitative estimate of drug-likeness (QED) is 0.870. The maximum atomic E-state index is 11.2. The van der Waals surface area contributed by atoms with E-state index in [2.05, 4.69) is 27.8 Å². The zero-order valence-electron chi connectivity index (χ0n) is 14.2. The molecule has 0 aromatic heterocycles. The molecule has 2 aromatic carbocycles. The van der Waals surface area contributed by atoms with Crippen molar-refractivity contribution in [2.24, 2.45) is 5.92 Å². The van der Waals surface area contributed by atoms with Gasteiger partial charge in [0, 0.05) is 25.2 Å². The van der Waals surface area contributed by atoms with E-state index >= 15 is 0 Å². The smallest absolute Gasteiger partial charge is 0.208 e. The molecule has 1 heterocycles. The normalized spacial score (nSPS) is 19.0. The van der Waals surface area contributed by atoms with Crippen molar-refractivity contribution >= 4 is 20.8 Å². The van der Waals surface area contributed by atoms with Crippen LogP contribution in [0.2, 0.25) is 0 Å². The van der Waals surface area contributed by atoms with Gasteiger partial charge in [-0.2, -0.15) is 0 Å². The van der Waals surface area contributed by atoms with E-state index in [4.69, 9.17) is 4.74 Å². The highest BCUT2D eigenvalue weighted by molar-refractivity contribution is 7.88. The fourth-order valence-corrected chi connectivity index (χ4v) is 3.92. The van der Waals surface area contributed by atoms with Crippen LogP contribution in [0.5, 0.6) is 5.75 Å². The van der Waals surface area contributed by atoms with Crippen molar-refractivity contribution in [3.05, 3.63) is 42.0 Å². The molecule has 1 unspecified atom stereocenters. The third-order valence-electron chi connectivity index (χ3n) is 4.60. The Hall–Kier alpha value is -1.63. The van der Waals surface area contributed by atoms with E-state index in [9.17, 15) is 8.42 Å². The summed E-state index contributed by atoms with van der Waals surface area (Å²) in [5.41, 5.74) is 1.20. The molecule has 2 aromatic rings. The maximum absolute atomic E-state index is 11.2.